The van der Waals surface area contributed by atoms with Crippen molar-refractivity contribution in [1.82, 2.24) is 19.9 Å². The van der Waals surface area contributed by atoms with E-state index in [1.807, 2.05) is 9.80 Å². The number of hydrogen-bond donors (Lipinski definition) is 5. The van der Waals surface area contributed by atoms with Crippen molar-refractivity contribution in [2.75, 3.05) is 47.6 Å². The summed E-state index contributed by atoms with van der Waals surface area (Å²) in [6.07, 6.45) is 2.64. The standard InChI is InChI=1S/C21H31N11O2S2/c1-36(33,34)15-2-3-16-17(6-15)35-21(26-16)29-18-27-19(31-7-11(22)4-12(23)8-31)30-20(28-18)32-9-13(24)5-14(25)10-32/h2-3,6,11-14H,4-5,7-10,22-25H2,1H3,(H,26,27,28,29,30). The number of aromatic nitrogens is 4. The zero-order chi connectivity index (χ0) is 25.6. The largest absolute Gasteiger partial charge is 0.338 e. The number of benzene rings is 1. The van der Waals surface area contributed by atoms with Crippen LogP contribution in [0.25, 0.3) is 10.2 Å². The van der Waals surface area contributed by atoms with E-state index in [0.29, 0.717) is 54.7 Å². The Morgan fingerprint density at radius 2 is 1.39 bits per heavy atom. The van der Waals surface area contributed by atoms with Gasteiger partial charge in [0.15, 0.2) is 15.0 Å². The lowest BCUT2D eigenvalue weighted by Gasteiger charge is -2.36. The molecule has 9 N–H and O–H groups in total. The van der Waals surface area contributed by atoms with Crippen LogP contribution in [0, 0.1) is 0 Å². The Kier molecular flexibility index (Phi) is 6.69. The molecule has 13 nitrogen and oxygen atoms in total. The van der Waals surface area contributed by atoms with Crippen LogP contribution < -0.4 is 38.1 Å². The Labute approximate surface area is 213 Å². The van der Waals surface area contributed by atoms with E-state index >= 15 is 0 Å². The van der Waals surface area contributed by atoms with Crippen molar-refractivity contribution < 1.29 is 8.42 Å². The predicted molar refractivity (Wildman–Crippen MR) is 141 cm³/mol. The van der Waals surface area contributed by atoms with Gasteiger partial charge in [0.2, 0.25) is 17.8 Å². The Morgan fingerprint density at radius 3 is 1.89 bits per heavy atom. The first kappa shape index (κ1) is 25.0. The van der Waals surface area contributed by atoms with Crippen LogP contribution in [0.15, 0.2) is 23.1 Å². The minimum absolute atomic E-state index is 0.0875. The number of nitrogens with zero attached hydrogens (tertiary/aromatic N) is 6. The van der Waals surface area contributed by atoms with E-state index in [2.05, 4.69) is 20.3 Å². The molecule has 2 aliphatic rings. The van der Waals surface area contributed by atoms with Crippen LogP contribution in [0.2, 0.25) is 0 Å². The first-order chi connectivity index (χ1) is 17.0. The van der Waals surface area contributed by atoms with Gasteiger partial charge in [-0.05, 0) is 31.0 Å². The highest BCUT2D eigenvalue weighted by atomic mass is 32.2. The fourth-order valence-electron chi connectivity index (χ4n) is 4.66. The van der Waals surface area contributed by atoms with Crippen molar-refractivity contribution in [1.29, 1.82) is 0 Å². The summed E-state index contributed by atoms with van der Waals surface area (Å²) in [5, 5.41) is 3.70. The van der Waals surface area contributed by atoms with Crippen LogP contribution >= 0.6 is 11.3 Å². The first-order valence-electron chi connectivity index (χ1n) is 11.7. The Morgan fingerprint density at radius 1 is 0.861 bits per heavy atom. The van der Waals surface area contributed by atoms with Gasteiger partial charge in [0, 0.05) is 56.6 Å². The van der Waals surface area contributed by atoms with Crippen LogP contribution in [0.4, 0.5) is 23.0 Å². The van der Waals surface area contributed by atoms with E-state index in [0.717, 1.165) is 17.5 Å². The SMILES string of the molecule is CS(=O)(=O)c1ccc2nc(Nc3nc(N4CC(N)CC(N)C4)nc(N4CC(N)CC(N)C4)n3)sc2c1. The smallest absolute Gasteiger partial charge is 0.235 e. The molecule has 0 saturated carbocycles. The van der Waals surface area contributed by atoms with Crippen molar-refractivity contribution >= 4 is 54.4 Å². The Bertz CT molecular complexity index is 1300. The van der Waals surface area contributed by atoms with Gasteiger partial charge >= 0.3 is 0 Å². The Balaban J connectivity index is 1.50. The second-order valence-corrected chi connectivity index (χ2v) is 12.7. The molecule has 36 heavy (non-hydrogen) atoms. The summed E-state index contributed by atoms with van der Waals surface area (Å²) in [5.41, 5.74) is 25.5. The average Bonchev–Trinajstić information content (AvgIpc) is 3.18. The number of hydrogen-bond acceptors (Lipinski definition) is 14. The lowest BCUT2D eigenvalue weighted by Crippen LogP contribution is -2.54. The number of sulfone groups is 1. The van der Waals surface area contributed by atoms with Gasteiger partial charge in [-0.25, -0.2) is 13.4 Å². The molecule has 2 aliphatic heterocycles. The number of piperidine rings is 2. The van der Waals surface area contributed by atoms with Gasteiger partial charge < -0.3 is 32.7 Å². The molecule has 0 bridgehead atoms. The summed E-state index contributed by atoms with van der Waals surface area (Å²) in [4.78, 5) is 22.8. The molecule has 2 aromatic heterocycles. The van der Waals surface area contributed by atoms with Gasteiger partial charge in [-0.2, -0.15) is 15.0 Å². The molecule has 194 valence electrons. The van der Waals surface area contributed by atoms with Crippen LogP contribution in [-0.2, 0) is 9.84 Å². The average molecular weight is 534 g/mol. The van der Waals surface area contributed by atoms with E-state index in [-0.39, 0.29) is 29.1 Å². The number of fused-ring (bicyclic) bond motifs is 1. The van der Waals surface area contributed by atoms with Gasteiger partial charge in [-0.3, -0.25) is 5.32 Å². The third-order valence-corrected chi connectivity index (χ3v) is 8.26. The van der Waals surface area contributed by atoms with Crippen LogP contribution in [-0.4, -0.2) is 85.0 Å². The molecule has 1 aromatic carbocycles. The molecule has 2 fully saturated rings. The van der Waals surface area contributed by atoms with Crippen molar-refractivity contribution in [3.05, 3.63) is 18.2 Å². The molecular weight excluding hydrogens is 502 g/mol. The molecule has 0 aliphatic carbocycles. The van der Waals surface area contributed by atoms with Crippen molar-refractivity contribution in [3.63, 3.8) is 0 Å². The third-order valence-electron chi connectivity index (χ3n) is 6.21. The molecule has 2 saturated heterocycles. The molecule has 4 unspecified atom stereocenters. The molecule has 5 rings (SSSR count). The maximum atomic E-state index is 11.9. The van der Waals surface area contributed by atoms with Crippen molar-refractivity contribution in [2.45, 2.75) is 41.9 Å². The maximum absolute atomic E-state index is 11.9. The Hall–Kier alpha value is -2.69. The summed E-state index contributed by atoms with van der Waals surface area (Å²) in [7, 11) is -3.32. The molecule has 15 heteroatoms. The molecule has 4 atom stereocenters. The van der Waals surface area contributed by atoms with Crippen LogP contribution in [0.1, 0.15) is 12.8 Å². The maximum Gasteiger partial charge on any atom is 0.235 e. The van der Waals surface area contributed by atoms with E-state index in [9.17, 15) is 8.42 Å². The van der Waals surface area contributed by atoms with Gasteiger partial charge in [-0.15, -0.1) is 0 Å². The van der Waals surface area contributed by atoms with Gasteiger partial charge in [-0.1, -0.05) is 11.3 Å². The zero-order valence-electron chi connectivity index (χ0n) is 19.9. The minimum atomic E-state index is -3.32. The highest BCUT2D eigenvalue weighted by molar-refractivity contribution is 7.90. The predicted octanol–water partition coefficient (Wildman–Crippen LogP) is -0.642. The number of rotatable bonds is 5. The number of nitrogens with two attached hydrogens (primary N) is 4. The normalized spacial score (nSPS) is 25.4. The molecule has 3 aromatic rings. The number of anilines is 4. The second kappa shape index (κ2) is 9.64. The number of nitrogens with one attached hydrogen (secondary N) is 1. The van der Waals surface area contributed by atoms with E-state index in [1.165, 1.54) is 17.6 Å². The minimum Gasteiger partial charge on any atom is -0.338 e. The fraction of sp³-hybridized carbons (Fsp3) is 0.524. The van der Waals surface area contributed by atoms with Gasteiger partial charge in [0.05, 0.1) is 15.1 Å². The summed E-state index contributed by atoms with van der Waals surface area (Å²) < 4.78 is 24.6. The fourth-order valence-corrected chi connectivity index (χ4v) is 6.28. The highest BCUT2D eigenvalue weighted by Gasteiger charge is 2.29. The third kappa shape index (κ3) is 5.50. The van der Waals surface area contributed by atoms with Gasteiger partial charge in [0.1, 0.15) is 0 Å². The number of thiazole rings is 1. The molecule has 0 amide bonds. The summed E-state index contributed by atoms with van der Waals surface area (Å²) in [6.45, 7) is 2.30. The van der Waals surface area contributed by atoms with E-state index in [4.69, 9.17) is 27.9 Å². The lowest BCUT2D eigenvalue weighted by molar-refractivity contribution is 0.441. The lowest BCUT2D eigenvalue weighted by atomic mass is 10.0. The van der Waals surface area contributed by atoms with Crippen LogP contribution in [0.5, 0.6) is 0 Å². The molecule has 4 heterocycles. The van der Waals surface area contributed by atoms with Crippen LogP contribution in [0.3, 0.4) is 0 Å². The monoisotopic (exact) mass is 533 g/mol. The van der Waals surface area contributed by atoms with Gasteiger partial charge in [0.25, 0.3) is 0 Å². The highest BCUT2D eigenvalue weighted by Crippen LogP contribution is 2.30. The van der Waals surface area contributed by atoms with E-state index in [1.54, 1.807) is 18.2 Å². The summed E-state index contributed by atoms with van der Waals surface area (Å²) >= 11 is 1.31. The molecule has 0 spiro atoms. The molecular formula is C21H31N11O2S2. The van der Waals surface area contributed by atoms with E-state index < -0.39 is 9.84 Å². The van der Waals surface area contributed by atoms with Crippen molar-refractivity contribution in [3.8, 4) is 0 Å². The second-order valence-electron chi connectivity index (χ2n) is 9.63. The summed E-state index contributed by atoms with van der Waals surface area (Å²) in [6, 6.07) is 4.50. The molecule has 0 radical (unpaired) electrons. The summed E-state index contributed by atoms with van der Waals surface area (Å²) in [5.74, 6) is 1.22. The van der Waals surface area contributed by atoms with Crippen molar-refractivity contribution in [2.24, 2.45) is 22.9 Å². The zero-order valence-corrected chi connectivity index (χ0v) is 21.5. The topological polar surface area (TPSA) is 208 Å². The quantitative estimate of drug-likeness (QED) is 0.277. The first-order valence-corrected chi connectivity index (χ1v) is 14.4.